The van der Waals surface area contributed by atoms with Gasteiger partial charge in [-0.25, -0.2) is 8.42 Å². The van der Waals surface area contributed by atoms with Crippen LogP contribution in [0.3, 0.4) is 0 Å². The summed E-state index contributed by atoms with van der Waals surface area (Å²) in [6, 6.07) is 4.00. The van der Waals surface area contributed by atoms with E-state index in [1.807, 2.05) is 13.8 Å². The molecule has 1 heterocycles. The largest absolute Gasteiger partial charge is 0.383 e. The minimum Gasteiger partial charge on any atom is -0.383 e. The molecule has 8 nitrogen and oxygen atoms in total. The summed E-state index contributed by atoms with van der Waals surface area (Å²) in [5.41, 5.74) is 0.343. The molecule has 2 atom stereocenters. The van der Waals surface area contributed by atoms with Gasteiger partial charge in [0.1, 0.15) is 0 Å². The second-order valence-corrected chi connectivity index (χ2v) is 8.23. The summed E-state index contributed by atoms with van der Waals surface area (Å²) in [4.78, 5) is 10.1. The Morgan fingerprint density at radius 2 is 2.00 bits per heavy atom. The number of nitro benzene ring substituents is 1. The van der Waals surface area contributed by atoms with Crippen molar-refractivity contribution in [3.8, 4) is 0 Å². The van der Waals surface area contributed by atoms with Gasteiger partial charge in [-0.1, -0.05) is 11.6 Å². The smallest absolute Gasteiger partial charge is 0.271 e. The average Bonchev–Trinajstić information content (AvgIpc) is 2.47. The molecule has 1 aromatic carbocycles. The highest BCUT2D eigenvalue weighted by Crippen LogP contribution is 2.26. The fourth-order valence-electron chi connectivity index (χ4n) is 2.56. The van der Waals surface area contributed by atoms with Crippen LogP contribution in [-0.4, -0.2) is 55.2 Å². The van der Waals surface area contributed by atoms with Crippen LogP contribution in [0, 0.1) is 10.1 Å². The van der Waals surface area contributed by atoms with Crippen LogP contribution in [0.1, 0.15) is 13.8 Å². The van der Waals surface area contributed by atoms with E-state index in [2.05, 4.69) is 5.32 Å². The Balaban J connectivity index is 1.94. The van der Waals surface area contributed by atoms with Crippen LogP contribution in [0.15, 0.2) is 18.2 Å². The normalized spacial score (nSPS) is 22.3. The molecule has 134 valence electrons. The zero-order valence-corrected chi connectivity index (χ0v) is 15.0. The van der Waals surface area contributed by atoms with E-state index >= 15 is 0 Å². The lowest BCUT2D eigenvalue weighted by Crippen LogP contribution is -2.49. The van der Waals surface area contributed by atoms with Crippen LogP contribution in [0.5, 0.6) is 0 Å². The third-order valence-corrected chi connectivity index (χ3v) is 5.74. The predicted octanol–water partition coefficient (Wildman–Crippen LogP) is 2.10. The van der Waals surface area contributed by atoms with Crippen molar-refractivity contribution in [1.29, 1.82) is 0 Å². The lowest BCUT2D eigenvalue weighted by Gasteiger charge is -2.34. The van der Waals surface area contributed by atoms with E-state index in [1.165, 1.54) is 22.5 Å². The zero-order valence-electron chi connectivity index (χ0n) is 13.4. The van der Waals surface area contributed by atoms with Crippen molar-refractivity contribution in [3.05, 3.63) is 33.3 Å². The summed E-state index contributed by atoms with van der Waals surface area (Å²) in [5, 5.41) is 13.8. The Hall–Kier alpha value is -1.42. The number of non-ortho nitro benzene ring substituents is 1. The molecule has 1 saturated heterocycles. The number of hydrogen-bond acceptors (Lipinski definition) is 6. The number of benzene rings is 1. The van der Waals surface area contributed by atoms with Crippen molar-refractivity contribution in [3.63, 3.8) is 0 Å². The molecule has 2 rings (SSSR count). The fraction of sp³-hybridized carbons (Fsp3) is 0.571. The van der Waals surface area contributed by atoms with E-state index in [9.17, 15) is 18.5 Å². The van der Waals surface area contributed by atoms with Gasteiger partial charge >= 0.3 is 0 Å². The van der Waals surface area contributed by atoms with Crippen LogP contribution >= 0.6 is 11.6 Å². The molecule has 0 spiro atoms. The maximum Gasteiger partial charge on any atom is 0.271 e. The number of rotatable bonds is 6. The standard InChI is InChI=1S/C14H20ClN3O5S/c1-10-8-17(9-11(2)23-10)24(21,22)6-5-16-14-4-3-12(18(19)20)7-13(14)15/h3-4,7,10-11,16H,5-6,8-9H2,1-2H3. The summed E-state index contributed by atoms with van der Waals surface area (Å²) in [5.74, 6) is -0.0975. The molecule has 0 bridgehead atoms. The molecule has 0 saturated carbocycles. The molecule has 1 N–H and O–H groups in total. The number of anilines is 1. The highest BCUT2D eigenvalue weighted by molar-refractivity contribution is 7.89. The number of morpholine rings is 1. The summed E-state index contributed by atoms with van der Waals surface area (Å²) >= 11 is 5.97. The van der Waals surface area contributed by atoms with Gasteiger partial charge in [0, 0.05) is 31.8 Å². The first-order valence-corrected chi connectivity index (χ1v) is 9.49. The number of nitro groups is 1. The molecular weight excluding hydrogens is 358 g/mol. The Bertz CT molecular complexity index is 702. The molecule has 1 fully saturated rings. The quantitative estimate of drug-likeness (QED) is 0.601. The van der Waals surface area contributed by atoms with E-state index in [4.69, 9.17) is 16.3 Å². The maximum absolute atomic E-state index is 12.4. The van der Waals surface area contributed by atoms with Gasteiger partial charge in [0.15, 0.2) is 0 Å². The van der Waals surface area contributed by atoms with Crippen molar-refractivity contribution in [2.24, 2.45) is 0 Å². The molecule has 1 aliphatic heterocycles. The van der Waals surface area contributed by atoms with Gasteiger partial charge in [0.2, 0.25) is 10.0 Å². The summed E-state index contributed by atoms with van der Waals surface area (Å²) < 4.78 is 31.8. The molecule has 1 aliphatic rings. The molecule has 0 aliphatic carbocycles. The number of nitrogens with zero attached hydrogens (tertiary/aromatic N) is 2. The first kappa shape index (κ1) is 18.9. The van der Waals surface area contributed by atoms with E-state index in [0.29, 0.717) is 18.8 Å². The van der Waals surface area contributed by atoms with E-state index in [1.54, 1.807) is 0 Å². The van der Waals surface area contributed by atoms with Gasteiger partial charge in [0.25, 0.3) is 5.69 Å². The fourth-order valence-corrected chi connectivity index (χ4v) is 4.30. The second kappa shape index (κ2) is 7.64. The number of halogens is 1. The Morgan fingerprint density at radius 1 is 1.38 bits per heavy atom. The van der Waals surface area contributed by atoms with Crippen molar-refractivity contribution < 1.29 is 18.1 Å². The summed E-state index contributed by atoms with van der Waals surface area (Å²) in [7, 11) is -3.41. The molecule has 2 unspecified atom stereocenters. The highest BCUT2D eigenvalue weighted by Gasteiger charge is 2.30. The Kier molecular flexibility index (Phi) is 6.02. The first-order valence-electron chi connectivity index (χ1n) is 7.50. The zero-order chi connectivity index (χ0) is 17.9. The van der Waals surface area contributed by atoms with Crippen molar-refractivity contribution in [2.75, 3.05) is 30.7 Å². The van der Waals surface area contributed by atoms with Gasteiger partial charge in [-0.15, -0.1) is 0 Å². The summed E-state index contributed by atoms with van der Waals surface area (Å²) in [6.45, 7) is 4.51. The van der Waals surface area contributed by atoms with Crippen LogP contribution in [0.4, 0.5) is 11.4 Å². The van der Waals surface area contributed by atoms with Gasteiger partial charge in [-0.2, -0.15) is 4.31 Å². The molecule has 0 amide bonds. The van der Waals surface area contributed by atoms with Gasteiger partial charge < -0.3 is 10.1 Å². The summed E-state index contributed by atoms with van der Waals surface area (Å²) in [6.07, 6.45) is -0.277. The lowest BCUT2D eigenvalue weighted by molar-refractivity contribution is -0.384. The van der Waals surface area contributed by atoms with E-state index < -0.39 is 14.9 Å². The highest BCUT2D eigenvalue weighted by atomic mass is 35.5. The molecular formula is C14H20ClN3O5S. The number of sulfonamides is 1. The molecule has 24 heavy (non-hydrogen) atoms. The Morgan fingerprint density at radius 3 is 2.54 bits per heavy atom. The minimum atomic E-state index is -3.41. The predicted molar refractivity (Wildman–Crippen MR) is 92.0 cm³/mol. The third-order valence-electron chi connectivity index (χ3n) is 3.62. The van der Waals surface area contributed by atoms with Crippen LogP contribution < -0.4 is 5.32 Å². The average molecular weight is 378 g/mol. The molecule has 0 aromatic heterocycles. The van der Waals surface area contributed by atoms with Crippen LogP contribution in [0.2, 0.25) is 5.02 Å². The van der Waals surface area contributed by atoms with Gasteiger partial charge in [-0.05, 0) is 19.9 Å². The first-order chi connectivity index (χ1) is 11.2. The number of nitrogens with one attached hydrogen (secondary N) is 1. The second-order valence-electron chi connectivity index (χ2n) is 5.74. The minimum absolute atomic E-state index is 0.0975. The maximum atomic E-state index is 12.4. The van der Waals surface area contributed by atoms with Gasteiger partial charge in [0.05, 0.1) is 33.6 Å². The molecule has 10 heteroatoms. The lowest BCUT2D eigenvalue weighted by atomic mass is 10.3. The SMILES string of the molecule is CC1CN(S(=O)(=O)CCNc2ccc([N+](=O)[O-])cc2Cl)CC(C)O1. The molecule has 0 radical (unpaired) electrons. The van der Waals surface area contributed by atoms with Crippen molar-refractivity contribution in [1.82, 2.24) is 4.31 Å². The third kappa shape index (κ3) is 4.79. The van der Waals surface area contributed by atoms with Gasteiger partial charge in [-0.3, -0.25) is 10.1 Å². The molecule has 1 aromatic rings. The van der Waals surface area contributed by atoms with Crippen LogP contribution in [-0.2, 0) is 14.8 Å². The topological polar surface area (TPSA) is 102 Å². The monoisotopic (exact) mass is 377 g/mol. The van der Waals surface area contributed by atoms with Crippen LogP contribution in [0.25, 0.3) is 0 Å². The number of hydrogen-bond donors (Lipinski definition) is 1. The van der Waals surface area contributed by atoms with Crippen molar-refractivity contribution in [2.45, 2.75) is 26.1 Å². The van der Waals surface area contributed by atoms with E-state index in [-0.39, 0.29) is 35.2 Å². The Labute approximate surface area is 145 Å². The van der Waals surface area contributed by atoms with E-state index in [0.717, 1.165) is 0 Å². The number of ether oxygens (including phenoxy) is 1. The van der Waals surface area contributed by atoms with Crippen molar-refractivity contribution >= 4 is 33.0 Å².